The molecule has 0 amide bonds. The van der Waals surface area contributed by atoms with Crippen LogP contribution in [0.3, 0.4) is 0 Å². The van der Waals surface area contributed by atoms with Gasteiger partial charge in [-0.1, -0.05) is 6.92 Å². The molecule has 0 bridgehead atoms. The molecule has 0 atom stereocenters. The first kappa shape index (κ1) is 17.4. The highest BCUT2D eigenvalue weighted by Crippen LogP contribution is 2.30. The first-order chi connectivity index (χ1) is 7.93. The summed E-state index contributed by atoms with van der Waals surface area (Å²) in [6.45, 7) is 2.71. The molecular formula is C9H14F3IN4S. The molecule has 0 saturated carbocycles. The molecule has 18 heavy (non-hydrogen) atoms. The lowest BCUT2D eigenvalue weighted by Gasteiger charge is -2.02. The molecule has 1 aromatic rings. The number of thiazole rings is 1. The second-order valence-electron chi connectivity index (χ2n) is 3.25. The number of guanidine groups is 1. The molecule has 0 spiro atoms. The van der Waals surface area contributed by atoms with E-state index < -0.39 is 11.9 Å². The Morgan fingerprint density at radius 3 is 2.72 bits per heavy atom. The fraction of sp³-hybridized carbons (Fsp3) is 0.556. The molecule has 0 aromatic carbocycles. The molecular weight excluding hydrogens is 380 g/mol. The van der Waals surface area contributed by atoms with E-state index in [2.05, 4.69) is 15.3 Å². The van der Waals surface area contributed by atoms with Crippen molar-refractivity contribution in [2.24, 2.45) is 10.7 Å². The summed E-state index contributed by atoms with van der Waals surface area (Å²) >= 11 is 0.921. The smallest absolute Gasteiger partial charge is 0.370 e. The molecule has 9 heteroatoms. The Bertz CT molecular complexity index is 391. The van der Waals surface area contributed by atoms with Gasteiger partial charge in [0.15, 0.2) is 11.7 Å². The minimum Gasteiger partial charge on any atom is -0.370 e. The Morgan fingerprint density at radius 2 is 2.22 bits per heavy atom. The van der Waals surface area contributed by atoms with Crippen LogP contribution < -0.4 is 11.1 Å². The van der Waals surface area contributed by atoms with E-state index in [9.17, 15) is 13.2 Å². The first-order valence-electron chi connectivity index (χ1n) is 4.99. The Balaban J connectivity index is 0.00000289. The van der Waals surface area contributed by atoms with Crippen molar-refractivity contribution in [1.29, 1.82) is 0 Å². The SMILES string of the molecule is CCCNC(N)=NCc1nc(C(F)(F)F)cs1.I. The van der Waals surface area contributed by atoms with E-state index in [1.807, 2.05) is 6.92 Å². The fourth-order valence-corrected chi connectivity index (χ4v) is 1.70. The quantitative estimate of drug-likeness (QED) is 0.469. The lowest BCUT2D eigenvalue weighted by molar-refractivity contribution is -0.140. The average Bonchev–Trinajstić information content (AvgIpc) is 2.71. The Morgan fingerprint density at radius 1 is 1.56 bits per heavy atom. The van der Waals surface area contributed by atoms with E-state index >= 15 is 0 Å². The largest absolute Gasteiger partial charge is 0.434 e. The van der Waals surface area contributed by atoms with Crippen LogP contribution in [0, 0.1) is 0 Å². The van der Waals surface area contributed by atoms with E-state index in [1.165, 1.54) is 0 Å². The molecule has 4 nitrogen and oxygen atoms in total. The van der Waals surface area contributed by atoms with Crippen LogP contribution in [-0.4, -0.2) is 17.5 Å². The van der Waals surface area contributed by atoms with Crippen molar-refractivity contribution in [3.05, 3.63) is 16.1 Å². The van der Waals surface area contributed by atoms with Crippen molar-refractivity contribution in [1.82, 2.24) is 10.3 Å². The summed E-state index contributed by atoms with van der Waals surface area (Å²) in [5.41, 5.74) is 4.61. The highest BCUT2D eigenvalue weighted by molar-refractivity contribution is 14.0. The van der Waals surface area contributed by atoms with Gasteiger partial charge in [-0.3, -0.25) is 0 Å². The molecule has 1 rings (SSSR count). The predicted octanol–water partition coefficient (Wildman–Crippen LogP) is 2.59. The topological polar surface area (TPSA) is 63.3 Å². The zero-order valence-corrected chi connectivity index (χ0v) is 12.8. The van der Waals surface area contributed by atoms with Crippen LogP contribution in [0.25, 0.3) is 0 Å². The molecule has 3 N–H and O–H groups in total. The Labute approximate surface area is 124 Å². The maximum Gasteiger partial charge on any atom is 0.434 e. The van der Waals surface area contributed by atoms with Crippen LogP contribution in [-0.2, 0) is 12.7 Å². The number of hydrogen-bond acceptors (Lipinski definition) is 3. The molecule has 104 valence electrons. The minimum atomic E-state index is -4.40. The maximum absolute atomic E-state index is 12.2. The van der Waals surface area contributed by atoms with E-state index in [4.69, 9.17) is 5.73 Å². The van der Waals surface area contributed by atoms with Gasteiger partial charge in [-0.25, -0.2) is 9.98 Å². The average molecular weight is 394 g/mol. The predicted molar refractivity (Wildman–Crippen MR) is 76.2 cm³/mol. The van der Waals surface area contributed by atoms with E-state index in [0.29, 0.717) is 11.6 Å². The van der Waals surface area contributed by atoms with Gasteiger partial charge in [0.25, 0.3) is 0 Å². The summed E-state index contributed by atoms with van der Waals surface area (Å²) < 4.78 is 36.7. The molecule has 0 aliphatic rings. The van der Waals surface area contributed by atoms with Gasteiger partial charge >= 0.3 is 6.18 Å². The monoisotopic (exact) mass is 394 g/mol. The Kier molecular flexibility index (Phi) is 7.52. The van der Waals surface area contributed by atoms with Crippen molar-refractivity contribution in [2.45, 2.75) is 26.1 Å². The number of alkyl halides is 3. The van der Waals surface area contributed by atoms with Crippen molar-refractivity contribution in [3.8, 4) is 0 Å². The number of nitrogens with zero attached hydrogens (tertiary/aromatic N) is 2. The third kappa shape index (κ3) is 5.85. The lowest BCUT2D eigenvalue weighted by Crippen LogP contribution is -2.32. The second kappa shape index (κ2) is 7.77. The van der Waals surface area contributed by atoms with Crippen molar-refractivity contribution in [3.63, 3.8) is 0 Å². The summed E-state index contributed by atoms with van der Waals surface area (Å²) in [6, 6.07) is 0. The molecule has 0 aliphatic carbocycles. The van der Waals surface area contributed by atoms with Crippen molar-refractivity contribution >= 4 is 41.3 Å². The number of rotatable bonds is 4. The first-order valence-corrected chi connectivity index (χ1v) is 5.87. The number of halogens is 4. The van der Waals surface area contributed by atoms with Crippen LogP contribution in [0.5, 0.6) is 0 Å². The van der Waals surface area contributed by atoms with Crippen LogP contribution in [0.1, 0.15) is 24.0 Å². The van der Waals surface area contributed by atoms with E-state index in [0.717, 1.165) is 23.1 Å². The van der Waals surface area contributed by atoms with Gasteiger partial charge in [-0.2, -0.15) is 13.2 Å². The fourth-order valence-electron chi connectivity index (χ4n) is 0.975. The van der Waals surface area contributed by atoms with Crippen molar-refractivity contribution in [2.75, 3.05) is 6.54 Å². The maximum atomic E-state index is 12.2. The molecule has 0 aliphatic heterocycles. The normalized spacial score (nSPS) is 12.1. The summed E-state index contributed by atoms with van der Waals surface area (Å²) in [5, 5.41) is 4.09. The number of nitrogens with one attached hydrogen (secondary N) is 1. The van der Waals surface area contributed by atoms with Gasteiger partial charge in [0.2, 0.25) is 0 Å². The number of nitrogens with two attached hydrogens (primary N) is 1. The lowest BCUT2D eigenvalue weighted by atomic mass is 10.5. The third-order valence-corrected chi connectivity index (χ3v) is 2.62. The molecule has 0 radical (unpaired) electrons. The molecule has 0 unspecified atom stereocenters. The van der Waals surface area contributed by atoms with E-state index in [1.54, 1.807) is 0 Å². The van der Waals surface area contributed by atoms with Gasteiger partial charge in [-0.15, -0.1) is 35.3 Å². The van der Waals surface area contributed by atoms with Gasteiger partial charge in [-0.05, 0) is 6.42 Å². The summed E-state index contributed by atoms with van der Waals surface area (Å²) in [7, 11) is 0. The van der Waals surface area contributed by atoms with Gasteiger partial charge < -0.3 is 11.1 Å². The second-order valence-corrected chi connectivity index (χ2v) is 4.20. The van der Waals surface area contributed by atoms with Crippen LogP contribution in [0.2, 0.25) is 0 Å². The van der Waals surface area contributed by atoms with Crippen molar-refractivity contribution < 1.29 is 13.2 Å². The molecule has 1 aromatic heterocycles. The Hall–Kier alpha value is -0.580. The van der Waals surface area contributed by atoms with Crippen LogP contribution in [0.15, 0.2) is 10.4 Å². The number of aliphatic imine (C=N–C) groups is 1. The minimum absolute atomic E-state index is 0. The zero-order chi connectivity index (χ0) is 12.9. The summed E-state index contributed by atoms with van der Waals surface area (Å²) in [5.74, 6) is 0.218. The standard InChI is InChI=1S/C9H13F3N4S.HI/c1-2-3-14-8(13)15-4-7-16-6(5-17-7)9(10,11)12;/h5H,2-4H2,1H3,(H3,13,14,15);1H. The zero-order valence-electron chi connectivity index (χ0n) is 9.62. The summed E-state index contributed by atoms with van der Waals surface area (Å²) in [6.07, 6.45) is -3.50. The molecule has 0 fully saturated rings. The van der Waals surface area contributed by atoms with Gasteiger partial charge in [0.1, 0.15) is 5.01 Å². The van der Waals surface area contributed by atoms with Gasteiger partial charge in [0, 0.05) is 11.9 Å². The third-order valence-electron chi connectivity index (χ3n) is 1.78. The summed E-state index contributed by atoms with van der Waals surface area (Å²) in [4.78, 5) is 7.33. The van der Waals surface area contributed by atoms with Crippen LogP contribution >= 0.6 is 35.3 Å². The van der Waals surface area contributed by atoms with E-state index in [-0.39, 0.29) is 36.5 Å². The van der Waals surface area contributed by atoms with Crippen LogP contribution in [0.4, 0.5) is 13.2 Å². The molecule has 0 saturated heterocycles. The van der Waals surface area contributed by atoms with Gasteiger partial charge in [0.05, 0.1) is 6.54 Å². The molecule has 1 heterocycles. The number of aromatic nitrogens is 1. The highest BCUT2D eigenvalue weighted by atomic mass is 127. The number of hydrogen-bond donors (Lipinski definition) is 2. The highest BCUT2D eigenvalue weighted by Gasteiger charge is 2.33.